The minimum Gasteiger partial charge on any atom is -0.398 e. The van der Waals surface area contributed by atoms with Crippen LogP contribution in [0.4, 0.5) is 11.4 Å². The fraction of sp³-hybridized carbons (Fsp3) is 0.0667. The van der Waals surface area contributed by atoms with Crippen LogP contribution in [-0.2, 0) is 6.54 Å². The lowest BCUT2D eigenvalue weighted by Crippen LogP contribution is -2.07. The average Bonchev–Trinajstić information content (AvgIpc) is 3.01. The molecule has 2 heterocycles. The summed E-state index contributed by atoms with van der Waals surface area (Å²) in [4.78, 5) is 4.36. The molecule has 0 atom stereocenters. The molecule has 0 radical (unpaired) electrons. The maximum atomic E-state index is 5.94. The molecule has 0 spiro atoms. The highest BCUT2D eigenvalue weighted by molar-refractivity contribution is 5.57. The van der Waals surface area contributed by atoms with Crippen LogP contribution in [0.1, 0.15) is 5.56 Å². The Balaban J connectivity index is 1.84. The molecule has 3 rings (SSSR count). The first kappa shape index (κ1) is 12.2. The van der Waals surface area contributed by atoms with E-state index in [0.29, 0.717) is 6.54 Å². The molecule has 0 saturated carbocycles. The Labute approximate surface area is 117 Å². The summed E-state index contributed by atoms with van der Waals surface area (Å²) in [5, 5.41) is 7.56. The van der Waals surface area contributed by atoms with Gasteiger partial charge in [0.05, 0.1) is 5.69 Å². The van der Waals surface area contributed by atoms with E-state index in [2.05, 4.69) is 15.4 Å². The van der Waals surface area contributed by atoms with E-state index in [9.17, 15) is 0 Å². The van der Waals surface area contributed by atoms with Gasteiger partial charge in [-0.1, -0.05) is 18.2 Å². The third-order valence-electron chi connectivity index (χ3n) is 3.03. The largest absolute Gasteiger partial charge is 0.398 e. The number of nitrogens with zero attached hydrogens (tertiary/aromatic N) is 3. The molecule has 0 unspecified atom stereocenters. The van der Waals surface area contributed by atoms with Crippen molar-refractivity contribution in [1.29, 1.82) is 0 Å². The van der Waals surface area contributed by atoms with Crippen LogP contribution in [0.15, 0.2) is 61.1 Å². The van der Waals surface area contributed by atoms with Gasteiger partial charge in [-0.25, -0.2) is 9.67 Å². The minimum atomic E-state index is 0.645. The van der Waals surface area contributed by atoms with Crippen LogP contribution in [0.3, 0.4) is 0 Å². The zero-order valence-corrected chi connectivity index (χ0v) is 10.9. The van der Waals surface area contributed by atoms with Gasteiger partial charge in [0.2, 0.25) is 0 Å². The molecular weight excluding hydrogens is 250 g/mol. The van der Waals surface area contributed by atoms with Gasteiger partial charge in [-0.3, -0.25) is 0 Å². The van der Waals surface area contributed by atoms with Crippen LogP contribution >= 0.6 is 0 Å². The zero-order chi connectivity index (χ0) is 13.8. The summed E-state index contributed by atoms with van der Waals surface area (Å²) >= 11 is 0. The average molecular weight is 265 g/mol. The number of nitrogen functional groups attached to an aromatic ring is 1. The molecule has 20 heavy (non-hydrogen) atoms. The van der Waals surface area contributed by atoms with E-state index in [0.717, 1.165) is 22.8 Å². The first-order valence-corrected chi connectivity index (χ1v) is 6.37. The van der Waals surface area contributed by atoms with Gasteiger partial charge in [0, 0.05) is 30.8 Å². The summed E-state index contributed by atoms with van der Waals surface area (Å²) < 4.78 is 1.73. The number of hydrogen-bond donors (Lipinski definition) is 2. The van der Waals surface area contributed by atoms with Gasteiger partial charge in [-0.2, -0.15) is 5.10 Å². The maximum absolute atomic E-state index is 5.94. The van der Waals surface area contributed by atoms with Crippen molar-refractivity contribution >= 4 is 11.4 Å². The SMILES string of the molecule is Nc1ccccc1CNc1cccnc1-n1cccn1. The lowest BCUT2D eigenvalue weighted by molar-refractivity contribution is 0.846. The van der Waals surface area contributed by atoms with E-state index in [-0.39, 0.29) is 0 Å². The molecule has 100 valence electrons. The lowest BCUT2D eigenvalue weighted by Gasteiger charge is -2.12. The molecule has 1 aromatic carbocycles. The number of rotatable bonds is 4. The summed E-state index contributed by atoms with van der Waals surface area (Å²) in [5.74, 6) is 0.770. The molecule has 0 aliphatic rings. The standard InChI is InChI=1S/C15H15N5/c16-13-6-2-1-5-12(13)11-18-14-7-3-8-17-15(14)20-10-4-9-19-20/h1-10,18H,11,16H2. The number of nitrogens with two attached hydrogens (primary N) is 1. The van der Waals surface area contributed by atoms with Crippen molar-refractivity contribution in [2.24, 2.45) is 0 Å². The molecule has 0 aliphatic carbocycles. The Morgan fingerprint density at radius 3 is 2.75 bits per heavy atom. The molecule has 0 amide bonds. The molecular formula is C15H15N5. The molecule has 0 bridgehead atoms. The van der Waals surface area contributed by atoms with Gasteiger partial charge in [-0.05, 0) is 29.8 Å². The second-order valence-corrected chi connectivity index (χ2v) is 4.38. The van der Waals surface area contributed by atoms with Crippen LogP contribution in [0.2, 0.25) is 0 Å². The minimum absolute atomic E-state index is 0.645. The van der Waals surface area contributed by atoms with Gasteiger partial charge < -0.3 is 11.1 Å². The number of benzene rings is 1. The van der Waals surface area contributed by atoms with Crippen LogP contribution in [-0.4, -0.2) is 14.8 Å². The summed E-state index contributed by atoms with van der Waals surface area (Å²) in [6, 6.07) is 13.5. The van der Waals surface area contributed by atoms with E-state index in [4.69, 9.17) is 5.73 Å². The third kappa shape index (κ3) is 2.47. The van der Waals surface area contributed by atoms with Crippen LogP contribution in [0, 0.1) is 0 Å². The Bertz CT molecular complexity index is 691. The Kier molecular flexibility index (Phi) is 3.33. The van der Waals surface area contributed by atoms with Gasteiger partial charge in [0.25, 0.3) is 0 Å². The second-order valence-electron chi connectivity index (χ2n) is 4.38. The first-order valence-electron chi connectivity index (χ1n) is 6.37. The highest BCUT2D eigenvalue weighted by Crippen LogP contribution is 2.18. The van der Waals surface area contributed by atoms with Crippen molar-refractivity contribution in [3.8, 4) is 5.82 Å². The predicted molar refractivity (Wildman–Crippen MR) is 79.5 cm³/mol. The molecule has 0 fully saturated rings. The Morgan fingerprint density at radius 2 is 1.95 bits per heavy atom. The molecule has 0 saturated heterocycles. The number of nitrogens with one attached hydrogen (secondary N) is 1. The van der Waals surface area contributed by atoms with Gasteiger partial charge in [0.1, 0.15) is 0 Å². The lowest BCUT2D eigenvalue weighted by atomic mass is 10.2. The Morgan fingerprint density at radius 1 is 1.05 bits per heavy atom. The van der Waals surface area contributed by atoms with Crippen LogP contribution < -0.4 is 11.1 Å². The monoisotopic (exact) mass is 265 g/mol. The molecule has 5 nitrogen and oxygen atoms in total. The van der Waals surface area contributed by atoms with Crippen molar-refractivity contribution in [2.45, 2.75) is 6.54 Å². The summed E-state index contributed by atoms with van der Waals surface area (Å²) in [7, 11) is 0. The zero-order valence-electron chi connectivity index (χ0n) is 10.9. The number of aromatic nitrogens is 3. The van der Waals surface area contributed by atoms with Gasteiger partial charge >= 0.3 is 0 Å². The smallest absolute Gasteiger partial charge is 0.176 e. The summed E-state index contributed by atoms with van der Waals surface area (Å²) in [6.45, 7) is 0.645. The van der Waals surface area contributed by atoms with Gasteiger partial charge in [0.15, 0.2) is 5.82 Å². The number of pyridine rings is 1. The van der Waals surface area contributed by atoms with Gasteiger partial charge in [-0.15, -0.1) is 0 Å². The number of para-hydroxylation sites is 1. The first-order chi connectivity index (χ1) is 9.84. The summed E-state index contributed by atoms with van der Waals surface area (Å²) in [5.41, 5.74) is 8.70. The van der Waals surface area contributed by atoms with Crippen molar-refractivity contribution in [1.82, 2.24) is 14.8 Å². The topological polar surface area (TPSA) is 68.8 Å². The summed E-state index contributed by atoms with van der Waals surface area (Å²) in [6.07, 6.45) is 5.34. The van der Waals surface area contributed by atoms with E-state index in [1.807, 2.05) is 48.7 Å². The highest BCUT2D eigenvalue weighted by atomic mass is 15.3. The normalized spacial score (nSPS) is 10.4. The third-order valence-corrected chi connectivity index (χ3v) is 3.03. The van der Waals surface area contributed by atoms with E-state index < -0.39 is 0 Å². The quantitative estimate of drug-likeness (QED) is 0.711. The predicted octanol–water partition coefficient (Wildman–Crippen LogP) is 2.46. The number of anilines is 2. The van der Waals surface area contributed by atoms with E-state index in [1.165, 1.54) is 0 Å². The second kappa shape index (κ2) is 5.44. The molecule has 3 N–H and O–H groups in total. The molecule has 5 heteroatoms. The van der Waals surface area contributed by atoms with Crippen molar-refractivity contribution < 1.29 is 0 Å². The van der Waals surface area contributed by atoms with Crippen molar-refractivity contribution in [2.75, 3.05) is 11.1 Å². The van der Waals surface area contributed by atoms with E-state index in [1.54, 1.807) is 17.1 Å². The van der Waals surface area contributed by atoms with Crippen LogP contribution in [0.5, 0.6) is 0 Å². The molecule has 3 aromatic rings. The fourth-order valence-electron chi connectivity index (χ4n) is 2.00. The van der Waals surface area contributed by atoms with E-state index >= 15 is 0 Å². The van der Waals surface area contributed by atoms with Crippen LogP contribution in [0.25, 0.3) is 5.82 Å². The molecule has 0 aliphatic heterocycles. The van der Waals surface area contributed by atoms with Crippen molar-refractivity contribution in [3.63, 3.8) is 0 Å². The Hall–Kier alpha value is -2.82. The number of hydrogen-bond acceptors (Lipinski definition) is 4. The maximum Gasteiger partial charge on any atom is 0.176 e. The highest BCUT2D eigenvalue weighted by Gasteiger charge is 2.06. The fourth-order valence-corrected chi connectivity index (χ4v) is 2.00. The van der Waals surface area contributed by atoms with Crippen molar-refractivity contribution in [3.05, 3.63) is 66.6 Å². The molecule has 2 aromatic heterocycles.